The summed E-state index contributed by atoms with van der Waals surface area (Å²) in [6.07, 6.45) is 0. The number of aromatic nitrogens is 1. The summed E-state index contributed by atoms with van der Waals surface area (Å²) in [5, 5.41) is 11.0. The Bertz CT molecular complexity index is 1150. The van der Waals surface area contributed by atoms with Crippen LogP contribution in [0, 0.1) is 17.0 Å². The maximum absolute atomic E-state index is 12.3. The molecule has 1 aromatic heterocycles. The second-order valence-electron chi connectivity index (χ2n) is 6.06. The minimum atomic E-state index is -0.551. The molecule has 0 aliphatic rings. The first-order valence-corrected chi connectivity index (χ1v) is 9.30. The molecule has 9 nitrogen and oxygen atoms in total. The molecule has 0 saturated carbocycles. The Labute approximate surface area is 169 Å². The van der Waals surface area contributed by atoms with Crippen LogP contribution in [0.5, 0.6) is 5.75 Å². The second kappa shape index (κ2) is 8.65. The van der Waals surface area contributed by atoms with Gasteiger partial charge in [0.25, 0.3) is 11.6 Å². The van der Waals surface area contributed by atoms with E-state index >= 15 is 0 Å². The molecule has 1 amide bonds. The molecule has 2 aromatic carbocycles. The minimum absolute atomic E-state index is 0.0930. The number of amides is 1. The number of fused-ring (bicyclic) bond motifs is 1. The van der Waals surface area contributed by atoms with E-state index in [0.717, 1.165) is 16.9 Å². The SMILES string of the molecule is COC(=O)Cn1c(=NC(=O)COc2ccc(C)cc2)sc2cc([N+](=O)[O-])ccc21. The maximum atomic E-state index is 12.3. The van der Waals surface area contributed by atoms with E-state index in [9.17, 15) is 19.7 Å². The van der Waals surface area contributed by atoms with E-state index in [1.54, 1.807) is 12.1 Å². The van der Waals surface area contributed by atoms with Crippen molar-refractivity contribution in [2.24, 2.45) is 4.99 Å². The second-order valence-corrected chi connectivity index (χ2v) is 7.07. The Morgan fingerprint density at radius 2 is 1.93 bits per heavy atom. The van der Waals surface area contributed by atoms with Gasteiger partial charge in [-0.2, -0.15) is 4.99 Å². The number of hydrogen-bond acceptors (Lipinski definition) is 7. The number of carbonyl (C=O) groups is 2. The number of methoxy groups -OCH3 is 1. The van der Waals surface area contributed by atoms with Gasteiger partial charge in [-0.15, -0.1) is 0 Å². The number of aryl methyl sites for hydroxylation is 1. The predicted octanol–water partition coefficient (Wildman–Crippen LogP) is 2.60. The third kappa shape index (κ3) is 4.85. The van der Waals surface area contributed by atoms with Crippen LogP contribution in [-0.4, -0.2) is 35.1 Å². The summed E-state index contributed by atoms with van der Waals surface area (Å²) in [6.45, 7) is 1.48. The molecule has 3 rings (SSSR count). The Morgan fingerprint density at radius 3 is 2.59 bits per heavy atom. The molecule has 0 aliphatic heterocycles. The van der Waals surface area contributed by atoms with Crippen molar-refractivity contribution >= 4 is 39.1 Å². The number of non-ortho nitro benzene ring substituents is 1. The molecule has 0 bridgehead atoms. The van der Waals surface area contributed by atoms with Gasteiger partial charge in [-0.1, -0.05) is 29.0 Å². The van der Waals surface area contributed by atoms with Gasteiger partial charge in [0.2, 0.25) is 0 Å². The molecule has 1 heterocycles. The Morgan fingerprint density at radius 1 is 1.21 bits per heavy atom. The van der Waals surface area contributed by atoms with Crippen LogP contribution < -0.4 is 9.54 Å². The number of nitrogens with zero attached hydrogens (tertiary/aromatic N) is 3. The number of rotatable bonds is 6. The summed E-state index contributed by atoms with van der Waals surface area (Å²) < 4.78 is 12.1. The van der Waals surface area contributed by atoms with Gasteiger partial charge in [0, 0.05) is 12.1 Å². The summed E-state index contributed by atoms with van der Waals surface area (Å²) in [5.74, 6) is -0.549. The zero-order valence-corrected chi connectivity index (χ0v) is 16.5. The number of carbonyl (C=O) groups excluding carboxylic acids is 2. The molecule has 0 radical (unpaired) electrons. The van der Waals surface area contributed by atoms with Gasteiger partial charge in [-0.25, -0.2) is 0 Å². The molecule has 0 atom stereocenters. The monoisotopic (exact) mass is 415 g/mol. The number of nitro groups is 1. The summed E-state index contributed by atoms with van der Waals surface area (Å²) >= 11 is 1.07. The van der Waals surface area contributed by atoms with Crippen LogP contribution in [0.3, 0.4) is 0 Å². The van der Waals surface area contributed by atoms with Gasteiger partial charge in [0.15, 0.2) is 11.4 Å². The van der Waals surface area contributed by atoms with Crippen molar-refractivity contribution in [3.8, 4) is 5.75 Å². The van der Waals surface area contributed by atoms with Gasteiger partial charge >= 0.3 is 5.97 Å². The standard InChI is InChI=1S/C19H17N3O6S/c1-12-3-6-14(7-4-12)28-11-17(23)20-19-21(10-18(24)27-2)15-8-5-13(22(25)26)9-16(15)29-19/h3-9H,10-11H2,1-2H3. The number of thiazole rings is 1. The third-order valence-electron chi connectivity index (χ3n) is 4.00. The van der Waals surface area contributed by atoms with E-state index in [0.29, 0.717) is 16.0 Å². The Balaban J connectivity index is 1.93. The van der Waals surface area contributed by atoms with Crippen molar-refractivity contribution in [2.75, 3.05) is 13.7 Å². The molecule has 10 heteroatoms. The molecule has 3 aromatic rings. The fraction of sp³-hybridized carbons (Fsp3) is 0.211. The lowest BCUT2D eigenvalue weighted by molar-refractivity contribution is -0.384. The molecule has 0 aliphatic carbocycles. The highest BCUT2D eigenvalue weighted by Gasteiger charge is 2.15. The predicted molar refractivity (Wildman–Crippen MR) is 106 cm³/mol. The smallest absolute Gasteiger partial charge is 0.325 e. The fourth-order valence-corrected chi connectivity index (χ4v) is 3.61. The van der Waals surface area contributed by atoms with E-state index in [1.165, 1.54) is 29.9 Å². The number of nitro benzene ring substituents is 1. The average Bonchev–Trinajstić information content (AvgIpc) is 3.03. The zero-order chi connectivity index (χ0) is 21.0. The molecule has 150 valence electrons. The molecule has 29 heavy (non-hydrogen) atoms. The van der Waals surface area contributed by atoms with Crippen LogP contribution in [-0.2, 0) is 20.9 Å². The summed E-state index contributed by atoms with van der Waals surface area (Å²) in [6, 6.07) is 11.4. The highest BCUT2D eigenvalue weighted by molar-refractivity contribution is 7.16. The first-order chi connectivity index (χ1) is 13.9. The number of benzene rings is 2. The van der Waals surface area contributed by atoms with Crippen LogP contribution in [0.2, 0.25) is 0 Å². The fourth-order valence-electron chi connectivity index (χ4n) is 2.53. The molecular formula is C19H17N3O6S. The van der Waals surface area contributed by atoms with Gasteiger partial charge in [0.05, 0.1) is 22.2 Å². The van der Waals surface area contributed by atoms with E-state index in [-0.39, 0.29) is 23.6 Å². The van der Waals surface area contributed by atoms with E-state index < -0.39 is 16.8 Å². The average molecular weight is 415 g/mol. The van der Waals surface area contributed by atoms with E-state index in [1.807, 2.05) is 19.1 Å². The molecule has 0 saturated heterocycles. The summed E-state index contributed by atoms with van der Waals surface area (Å²) in [7, 11) is 1.25. The van der Waals surface area contributed by atoms with Crippen LogP contribution in [0.15, 0.2) is 47.5 Å². The van der Waals surface area contributed by atoms with Gasteiger partial charge in [-0.05, 0) is 25.1 Å². The van der Waals surface area contributed by atoms with Crippen molar-refractivity contribution in [3.63, 3.8) is 0 Å². The van der Waals surface area contributed by atoms with Crippen molar-refractivity contribution < 1.29 is 24.0 Å². The highest BCUT2D eigenvalue weighted by atomic mass is 32.1. The van der Waals surface area contributed by atoms with Crippen LogP contribution >= 0.6 is 11.3 Å². The lowest BCUT2D eigenvalue weighted by Crippen LogP contribution is -2.23. The zero-order valence-electron chi connectivity index (χ0n) is 15.7. The van der Waals surface area contributed by atoms with Crippen LogP contribution in [0.1, 0.15) is 5.56 Å². The van der Waals surface area contributed by atoms with E-state index in [2.05, 4.69) is 4.99 Å². The lowest BCUT2D eigenvalue weighted by atomic mass is 10.2. The number of esters is 1. The molecule has 0 unspecified atom stereocenters. The first-order valence-electron chi connectivity index (χ1n) is 8.49. The number of ether oxygens (including phenoxy) is 2. The highest BCUT2D eigenvalue weighted by Crippen LogP contribution is 2.23. The lowest BCUT2D eigenvalue weighted by Gasteiger charge is -2.04. The topological polar surface area (TPSA) is 113 Å². The van der Waals surface area contributed by atoms with Gasteiger partial charge in [-0.3, -0.25) is 19.7 Å². The van der Waals surface area contributed by atoms with Gasteiger partial charge < -0.3 is 14.0 Å². The minimum Gasteiger partial charge on any atom is -0.484 e. The first kappa shape index (κ1) is 20.2. The molecule has 0 fully saturated rings. The van der Waals surface area contributed by atoms with Crippen molar-refractivity contribution in [3.05, 3.63) is 62.9 Å². The largest absolute Gasteiger partial charge is 0.484 e. The quantitative estimate of drug-likeness (QED) is 0.347. The number of hydrogen-bond donors (Lipinski definition) is 0. The normalized spacial score (nSPS) is 11.4. The van der Waals surface area contributed by atoms with Crippen LogP contribution in [0.4, 0.5) is 5.69 Å². The molecule has 0 spiro atoms. The Kier molecular flexibility index (Phi) is 6.03. The van der Waals surface area contributed by atoms with Crippen LogP contribution in [0.25, 0.3) is 10.2 Å². The van der Waals surface area contributed by atoms with E-state index in [4.69, 9.17) is 9.47 Å². The van der Waals surface area contributed by atoms with Crippen molar-refractivity contribution in [1.29, 1.82) is 0 Å². The Hall–Kier alpha value is -3.53. The summed E-state index contributed by atoms with van der Waals surface area (Å²) in [4.78, 5) is 38.8. The van der Waals surface area contributed by atoms with Crippen molar-refractivity contribution in [2.45, 2.75) is 13.5 Å². The molecule has 0 N–H and O–H groups in total. The van der Waals surface area contributed by atoms with Gasteiger partial charge in [0.1, 0.15) is 12.3 Å². The summed E-state index contributed by atoms with van der Waals surface area (Å²) in [5.41, 5.74) is 1.51. The third-order valence-corrected chi connectivity index (χ3v) is 5.04. The maximum Gasteiger partial charge on any atom is 0.325 e. The molecular weight excluding hydrogens is 398 g/mol. The van der Waals surface area contributed by atoms with Crippen molar-refractivity contribution in [1.82, 2.24) is 4.57 Å².